The Hall–Kier alpha value is -2.90. The molecule has 31 heavy (non-hydrogen) atoms. The number of nitrogens with zero attached hydrogens (tertiary/aromatic N) is 1. The van der Waals surface area contributed by atoms with E-state index in [0.29, 0.717) is 17.8 Å². The van der Waals surface area contributed by atoms with Gasteiger partial charge in [0.2, 0.25) is 5.91 Å². The van der Waals surface area contributed by atoms with E-state index in [9.17, 15) is 18.0 Å². The van der Waals surface area contributed by atoms with Crippen LogP contribution in [0.5, 0.6) is 0 Å². The normalized spacial score (nSPS) is 18.3. The van der Waals surface area contributed by atoms with E-state index in [1.165, 1.54) is 12.3 Å². The molecule has 2 heterocycles. The van der Waals surface area contributed by atoms with Gasteiger partial charge >= 0.3 is 6.18 Å². The van der Waals surface area contributed by atoms with Gasteiger partial charge in [0.15, 0.2) is 0 Å². The lowest BCUT2D eigenvalue weighted by Gasteiger charge is -2.18. The SMILES string of the molecule is Cl.O=C(Nc1ccc(-c2ccc(C(F)(F)F)nc2)cc1)[C@@H]1CNC[C@H]1c1ccccc1. The van der Waals surface area contributed by atoms with Crippen molar-refractivity contribution in [3.05, 3.63) is 84.2 Å². The number of aromatic nitrogens is 1. The minimum Gasteiger partial charge on any atom is -0.326 e. The Morgan fingerprint density at radius 1 is 0.935 bits per heavy atom. The van der Waals surface area contributed by atoms with E-state index >= 15 is 0 Å². The Morgan fingerprint density at radius 2 is 1.61 bits per heavy atom. The number of hydrogen-bond donors (Lipinski definition) is 2. The third-order valence-electron chi connectivity index (χ3n) is 5.32. The molecule has 8 heteroatoms. The molecule has 2 N–H and O–H groups in total. The van der Waals surface area contributed by atoms with Gasteiger partial charge in [0.25, 0.3) is 0 Å². The van der Waals surface area contributed by atoms with E-state index in [-0.39, 0.29) is 30.2 Å². The first-order valence-corrected chi connectivity index (χ1v) is 9.62. The maximum Gasteiger partial charge on any atom is 0.433 e. The van der Waals surface area contributed by atoms with Gasteiger partial charge in [-0.05, 0) is 29.3 Å². The molecular weight excluding hydrogens is 427 g/mol. The summed E-state index contributed by atoms with van der Waals surface area (Å²) in [5.41, 5.74) is 2.15. The quantitative estimate of drug-likeness (QED) is 0.583. The summed E-state index contributed by atoms with van der Waals surface area (Å²) in [6.45, 7) is 1.36. The highest BCUT2D eigenvalue weighted by atomic mass is 35.5. The average Bonchev–Trinajstić information content (AvgIpc) is 3.25. The number of hydrogen-bond acceptors (Lipinski definition) is 3. The van der Waals surface area contributed by atoms with Crippen molar-refractivity contribution in [2.45, 2.75) is 12.1 Å². The van der Waals surface area contributed by atoms with Crippen LogP contribution in [-0.2, 0) is 11.0 Å². The van der Waals surface area contributed by atoms with Gasteiger partial charge < -0.3 is 10.6 Å². The first kappa shape index (κ1) is 22.8. The number of alkyl halides is 3. The molecule has 2 aromatic carbocycles. The number of carbonyl (C=O) groups excluding carboxylic acids is 1. The topological polar surface area (TPSA) is 54.0 Å². The molecule has 1 saturated heterocycles. The van der Waals surface area contributed by atoms with Crippen LogP contribution < -0.4 is 10.6 Å². The molecule has 2 atom stereocenters. The van der Waals surface area contributed by atoms with Crippen molar-refractivity contribution < 1.29 is 18.0 Å². The molecule has 4 rings (SSSR count). The van der Waals surface area contributed by atoms with Gasteiger partial charge in [-0.15, -0.1) is 12.4 Å². The smallest absolute Gasteiger partial charge is 0.326 e. The first-order chi connectivity index (χ1) is 14.4. The third-order valence-corrected chi connectivity index (χ3v) is 5.32. The molecule has 4 nitrogen and oxygen atoms in total. The molecular formula is C23H21ClF3N3O. The third kappa shape index (κ3) is 5.24. The summed E-state index contributed by atoms with van der Waals surface area (Å²) in [7, 11) is 0. The maximum absolute atomic E-state index is 12.8. The van der Waals surface area contributed by atoms with E-state index in [1.807, 2.05) is 30.3 Å². The fourth-order valence-electron chi connectivity index (χ4n) is 3.72. The number of rotatable bonds is 4. The lowest BCUT2D eigenvalue weighted by molar-refractivity contribution is -0.141. The molecule has 0 aliphatic carbocycles. The van der Waals surface area contributed by atoms with Crippen LogP contribution >= 0.6 is 12.4 Å². The molecule has 0 saturated carbocycles. The summed E-state index contributed by atoms with van der Waals surface area (Å²) >= 11 is 0. The number of pyridine rings is 1. The molecule has 0 spiro atoms. The zero-order valence-electron chi connectivity index (χ0n) is 16.4. The predicted octanol–water partition coefficient (Wildman–Crippen LogP) is 5.13. The molecule has 1 aliphatic heterocycles. The number of amides is 1. The van der Waals surface area contributed by atoms with Crippen molar-refractivity contribution >= 4 is 24.0 Å². The van der Waals surface area contributed by atoms with Crippen molar-refractivity contribution in [3.63, 3.8) is 0 Å². The highest BCUT2D eigenvalue weighted by Gasteiger charge is 2.34. The van der Waals surface area contributed by atoms with Crippen LogP contribution in [0, 0.1) is 5.92 Å². The van der Waals surface area contributed by atoms with Crippen molar-refractivity contribution in [2.24, 2.45) is 5.92 Å². The van der Waals surface area contributed by atoms with Crippen molar-refractivity contribution in [3.8, 4) is 11.1 Å². The number of benzene rings is 2. The Balaban J connectivity index is 0.00000272. The number of nitrogens with one attached hydrogen (secondary N) is 2. The summed E-state index contributed by atoms with van der Waals surface area (Å²) in [4.78, 5) is 16.3. The molecule has 0 radical (unpaired) electrons. The predicted molar refractivity (Wildman–Crippen MR) is 116 cm³/mol. The number of halogens is 4. The summed E-state index contributed by atoms with van der Waals surface area (Å²) < 4.78 is 38.0. The van der Waals surface area contributed by atoms with Crippen LogP contribution in [0.2, 0.25) is 0 Å². The lowest BCUT2D eigenvalue weighted by atomic mass is 9.88. The van der Waals surface area contributed by atoms with E-state index in [2.05, 4.69) is 15.6 Å². The highest BCUT2D eigenvalue weighted by molar-refractivity contribution is 5.94. The van der Waals surface area contributed by atoms with Crippen LogP contribution in [0.3, 0.4) is 0 Å². The van der Waals surface area contributed by atoms with Gasteiger partial charge in [-0.25, -0.2) is 0 Å². The van der Waals surface area contributed by atoms with Gasteiger partial charge in [0.05, 0.1) is 5.92 Å². The maximum atomic E-state index is 12.8. The van der Waals surface area contributed by atoms with Gasteiger partial charge in [0, 0.05) is 36.5 Å². The zero-order valence-corrected chi connectivity index (χ0v) is 17.2. The highest BCUT2D eigenvalue weighted by Crippen LogP contribution is 2.31. The van der Waals surface area contributed by atoms with Gasteiger partial charge in [-0.1, -0.05) is 48.5 Å². The van der Waals surface area contributed by atoms with Crippen LogP contribution in [0.4, 0.5) is 18.9 Å². The second-order valence-corrected chi connectivity index (χ2v) is 7.28. The first-order valence-electron chi connectivity index (χ1n) is 9.62. The Kier molecular flexibility index (Phi) is 6.97. The van der Waals surface area contributed by atoms with Gasteiger partial charge in [-0.3, -0.25) is 9.78 Å². The number of anilines is 1. The van der Waals surface area contributed by atoms with E-state index < -0.39 is 11.9 Å². The minimum absolute atomic E-state index is 0. The summed E-state index contributed by atoms with van der Waals surface area (Å²) in [5.74, 6) is -0.118. The lowest BCUT2D eigenvalue weighted by Crippen LogP contribution is -2.28. The second-order valence-electron chi connectivity index (χ2n) is 7.28. The van der Waals surface area contributed by atoms with Gasteiger partial charge in [0.1, 0.15) is 5.69 Å². The Bertz CT molecular complexity index is 1010. The van der Waals surface area contributed by atoms with E-state index in [4.69, 9.17) is 0 Å². The van der Waals surface area contributed by atoms with Crippen LogP contribution in [0.25, 0.3) is 11.1 Å². The minimum atomic E-state index is -4.46. The molecule has 3 aromatic rings. The van der Waals surface area contributed by atoms with Crippen molar-refractivity contribution in [1.82, 2.24) is 10.3 Å². The molecule has 162 valence electrons. The van der Waals surface area contributed by atoms with E-state index in [0.717, 1.165) is 23.7 Å². The molecule has 1 aromatic heterocycles. The Morgan fingerprint density at radius 3 is 2.23 bits per heavy atom. The molecule has 1 amide bonds. The standard InChI is InChI=1S/C23H20F3N3O.ClH/c24-23(25,26)21-11-8-17(12-28-21)15-6-9-18(10-7-15)29-22(30)20-14-27-13-19(20)16-4-2-1-3-5-16;/h1-12,19-20,27H,13-14H2,(H,29,30);1H/t19-,20+;/m0./s1. The fraction of sp³-hybridized carbons (Fsp3) is 0.217. The fourth-order valence-corrected chi connectivity index (χ4v) is 3.72. The second kappa shape index (κ2) is 9.49. The molecule has 0 unspecified atom stereocenters. The van der Waals surface area contributed by atoms with Crippen LogP contribution in [0.1, 0.15) is 17.2 Å². The van der Waals surface area contributed by atoms with Crippen molar-refractivity contribution in [1.29, 1.82) is 0 Å². The largest absolute Gasteiger partial charge is 0.433 e. The van der Waals surface area contributed by atoms with Crippen LogP contribution in [-0.4, -0.2) is 24.0 Å². The molecule has 1 fully saturated rings. The van der Waals surface area contributed by atoms with E-state index in [1.54, 1.807) is 24.3 Å². The van der Waals surface area contributed by atoms with Crippen LogP contribution in [0.15, 0.2) is 72.9 Å². The summed E-state index contributed by atoms with van der Waals surface area (Å²) in [6.07, 6.45) is -3.26. The molecule has 0 bridgehead atoms. The average molecular weight is 448 g/mol. The monoisotopic (exact) mass is 447 g/mol. The Labute approximate surface area is 184 Å². The summed E-state index contributed by atoms with van der Waals surface area (Å²) in [5, 5.41) is 6.23. The summed E-state index contributed by atoms with van der Waals surface area (Å²) in [6, 6.07) is 19.3. The zero-order chi connectivity index (χ0) is 21.1. The van der Waals surface area contributed by atoms with Gasteiger partial charge in [-0.2, -0.15) is 13.2 Å². The van der Waals surface area contributed by atoms with Crippen molar-refractivity contribution in [2.75, 3.05) is 18.4 Å². The number of carbonyl (C=O) groups is 1. The molecule has 1 aliphatic rings.